The molecule has 2 aromatic heterocycles. The van der Waals surface area contributed by atoms with E-state index in [-0.39, 0.29) is 6.03 Å². The Morgan fingerprint density at radius 3 is 2.43 bits per heavy atom. The number of carbonyl (C=O) groups excluding carboxylic acids is 1. The molecule has 2 aromatic rings. The molecule has 1 unspecified atom stereocenters. The Bertz CT molecular complexity index is 1130. The number of hydrogen-bond acceptors (Lipinski definition) is 6. The van der Waals surface area contributed by atoms with Crippen molar-refractivity contribution >= 4 is 17.9 Å². The van der Waals surface area contributed by atoms with Gasteiger partial charge in [0.15, 0.2) is 5.95 Å². The number of allylic oxidation sites excluding steroid dienone is 1. The van der Waals surface area contributed by atoms with E-state index < -0.39 is 0 Å². The smallest absolute Gasteiger partial charge is 0.325 e. The van der Waals surface area contributed by atoms with Crippen molar-refractivity contribution in [2.45, 2.75) is 77.5 Å². The first-order valence-corrected chi connectivity index (χ1v) is 14.2. The van der Waals surface area contributed by atoms with E-state index >= 15 is 0 Å². The zero-order chi connectivity index (χ0) is 25.2. The average molecular weight is 508 g/mol. The molecule has 2 aliphatic carbocycles. The molecular formula is C27H41N9O. The summed E-state index contributed by atoms with van der Waals surface area (Å²) in [5.74, 6) is 2.55. The molecule has 10 nitrogen and oxygen atoms in total. The molecule has 1 atom stereocenters. The summed E-state index contributed by atoms with van der Waals surface area (Å²) < 4.78 is 4.27. The number of rotatable bonds is 6. The Labute approximate surface area is 219 Å². The topological polar surface area (TPSA) is 109 Å². The second-order valence-corrected chi connectivity index (χ2v) is 11.4. The number of amides is 2. The van der Waals surface area contributed by atoms with Gasteiger partial charge in [0, 0.05) is 58.1 Å². The normalized spacial score (nSPS) is 23.2. The fraction of sp³-hybridized carbons (Fsp3) is 0.667. The summed E-state index contributed by atoms with van der Waals surface area (Å²) in [5.41, 5.74) is 9.34. The van der Waals surface area contributed by atoms with E-state index in [0.29, 0.717) is 17.8 Å². The quantitative estimate of drug-likeness (QED) is 0.553. The van der Waals surface area contributed by atoms with Crippen molar-refractivity contribution in [3.63, 3.8) is 0 Å². The number of nitrogen functional groups attached to an aromatic ring is 1. The number of nitrogens with two attached hydrogens (primary N) is 1. The lowest BCUT2D eigenvalue weighted by molar-refractivity contribution is 0.168. The summed E-state index contributed by atoms with van der Waals surface area (Å²) >= 11 is 0. The maximum Gasteiger partial charge on any atom is 0.325 e. The predicted molar refractivity (Wildman–Crippen MR) is 144 cm³/mol. The van der Waals surface area contributed by atoms with Crippen molar-refractivity contribution in [2.75, 3.05) is 37.2 Å². The summed E-state index contributed by atoms with van der Waals surface area (Å²) in [4.78, 5) is 26.7. The SMILES string of the molecule is Nc1ncc2n1CCN(CC1C=C(NC(=O)Nc3ncc4n3CCN(CC3CCCCC3)C4)CCC1)C2. The number of imidazole rings is 2. The maximum absolute atomic E-state index is 12.9. The van der Waals surface area contributed by atoms with E-state index in [9.17, 15) is 4.79 Å². The first kappa shape index (κ1) is 24.5. The van der Waals surface area contributed by atoms with Crippen LogP contribution in [-0.4, -0.2) is 61.1 Å². The van der Waals surface area contributed by atoms with Gasteiger partial charge in [0.2, 0.25) is 5.95 Å². The molecule has 4 N–H and O–H groups in total. The van der Waals surface area contributed by atoms with E-state index in [1.54, 1.807) is 0 Å². The maximum atomic E-state index is 12.9. The molecule has 4 heterocycles. The number of nitrogens with zero attached hydrogens (tertiary/aromatic N) is 6. The van der Waals surface area contributed by atoms with Gasteiger partial charge < -0.3 is 20.2 Å². The van der Waals surface area contributed by atoms with Crippen LogP contribution in [0.25, 0.3) is 0 Å². The van der Waals surface area contributed by atoms with E-state index in [1.165, 1.54) is 50.0 Å². The van der Waals surface area contributed by atoms with Crippen LogP contribution in [0.2, 0.25) is 0 Å². The summed E-state index contributed by atoms with van der Waals surface area (Å²) in [7, 11) is 0. The van der Waals surface area contributed by atoms with Crippen LogP contribution in [0.3, 0.4) is 0 Å². The minimum atomic E-state index is -0.192. The fourth-order valence-corrected chi connectivity index (χ4v) is 6.71. The van der Waals surface area contributed by atoms with Crippen LogP contribution in [0.1, 0.15) is 62.8 Å². The molecule has 2 aliphatic heterocycles. The van der Waals surface area contributed by atoms with Gasteiger partial charge in [-0.25, -0.2) is 14.8 Å². The molecule has 2 amide bonds. The van der Waals surface area contributed by atoms with Crippen molar-refractivity contribution in [2.24, 2.45) is 11.8 Å². The van der Waals surface area contributed by atoms with Gasteiger partial charge in [-0.1, -0.05) is 25.3 Å². The Morgan fingerprint density at radius 2 is 1.59 bits per heavy atom. The van der Waals surface area contributed by atoms with Crippen LogP contribution in [0.4, 0.5) is 16.7 Å². The van der Waals surface area contributed by atoms with Crippen molar-refractivity contribution in [3.05, 3.63) is 35.6 Å². The Hall–Kier alpha value is -2.85. The zero-order valence-corrected chi connectivity index (χ0v) is 21.9. The molecule has 4 aliphatic rings. The number of aromatic nitrogens is 4. The fourth-order valence-electron chi connectivity index (χ4n) is 6.71. The zero-order valence-electron chi connectivity index (χ0n) is 21.9. The van der Waals surface area contributed by atoms with E-state index in [2.05, 4.69) is 45.6 Å². The largest absolute Gasteiger partial charge is 0.369 e. The lowest BCUT2D eigenvalue weighted by Crippen LogP contribution is -2.38. The number of urea groups is 1. The number of nitrogens with one attached hydrogen (secondary N) is 2. The molecule has 1 saturated carbocycles. The van der Waals surface area contributed by atoms with Crippen LogP contribution < -0.4 is 16.4 Å². The highest BCUT2D eigenvalue weighted by atomic mass is 16.2. The molecule has 0 bridgehead atoms. The third-order valence-electron chi connectivity index (χ3n) is 8.65. The van der Waals surface area contributed by atoms with Crippen LogP contribution in [0.5, 0.6) is 0 Å². The van der Waals surface area contributed by atoms with Crippen molar-refractivity contribution in [1.29, 1.82) is 0 Å². The number of carbonyl (C=O) groups is 1. The first-order valence-electron chi connectivity index (χ1n) is 14.2. The highest BCUT2D eigenvalue weighted by Crippen LogP contribution is 2.27. The number of fused-ring (bicyclic) bond motifs is 2. The van der Waals surface area contributed by atoms with Gasteiger partial charge in [-0.15, -0.1) is 0 Å². The summed E-state index contributed by atoms with van der Waals surface area (Å²) in [5, 5.41) is 6.12. The van der Waals surface area contributed by atoms with E-state index in [0.717, 1.165) is 76.7 Å². The predicted octanol–water partition coefficient (Wildman–Crippen LogP) is 3.38. The average Bonchev–Trinajstić information content (AvgIpc) is 3.47. The van der Waals surface area contributed by atoms with Gasteiger partial charge in [0.25, 0.3) is 0 Å². The summed E-state index contributed by atoms with van der Waals surface area (Å²) in [6, 6.07) is -0.192. The number of hydrogen-bond donors (Lipinski definition) is 3. The molecule has 0 aromatic carbocycles. The third-order valence-corrected chi connectivity index (χ3v) is 8.65. The van der Waals surface area contributed by atoms with Crippen LogP contribution in [0.15, 0.2) is 24.2 Å². The minimum Gasteiger partial charge on any atom is -0.369 e. The van der Waals surface area contributed by atoms with E-state index in [1.807, 2.05) is 12.4 Å². The molecule has 10 heteroatoms. The second kappa shape index (κ2) is 10.9. The molecule has 0 spiro atoms. The molecule has 6 rings (SSSR count). The molecule has 0 saturated heterocycles. The third kappa shape index (κ3) is 5.70. The van der Waals surface area contributed by atoms with Crippen molar-refractivity contribution in [3.8, 4) is 0 Å². The lowest BCUT2D eigenvalue weighted by Gasteiger charge is -2.33. The Balaban J connectivity index is 1.00. The molecular weight excluding hydrogens is 466 g/mol. The van der Waals surface area contributed by atoms with Gasteiger partial charge in [0.1, 0.15) is 0 Å². The second-order valence-electron chi connectivity index (χ2n) is 11.4. The monoisotopic (exact) mass is 507 g/mol. The summed E-state index contributed by atoms with van der Waals surface area (Å²) in [6.45, 7) is 7.74. The van der Waals surface area contributed by atoms with Crippen LogP contribution in [0, 0.1) is 11.8 Å². The van der Waals surface area contributed by atoms with Gasteiger partial charge in [-0.2, -0.15) is 0 Å². The molecule has 1 fully saturated rings. The van der Waals surface area contributed by atoms with Crippen molar-refractivity contribution < 1.29 is 4.79 Å². The Kier molecular flexibility index (Phi) is 7.19. The van der Waals surface area contributed by atoms with Crippen molar-refractivity contribution in [1.82, 2.24) is 34.2 Å². The Morgan fingerprint density at radius 1 is 0.865 bits per heavy atom. The lowest BCUT2D eigenvalue weighted by atomic mass is 9.89. The molecule has 200 valence electrons. The summed E-state index contributed by atoms with van der Waals surface area (Å²) in [6.07, 6.45) is 16.1. The first-order chi connectivity index (χ1) is 18.1. The molecule has 0 radical (unpaired) electrons. The van der Waals surface area contributed by atoms with E-state index in [4.69, 9.17) is 5.73 Å². The number of anilines is 2. The van der Waals surface area contributed by atoms with Gasteiger partial charge in [0.05, 0.1) is 23.8 Å². The van der Waals surface area contributed by atoms with Gasteiger partial charge in [-0.3, -0.25) is 15.1 Å². The van der Waals surface area contributed by atoms with Crippen LogP contribution in [-0.2, 0) is 26.2 Å². The van der Waals surface area contributed by atoms with Crippen LogP contribution >= 0.6 is 0 Å². The molecule has 37 heavy (non-hydrogen) atoms. The minimum absolute atomic E-state index is 0.192. The highest BCUT2D eigenvalue weighted by molar-refractivity contribution is 5.88. The van der Waals surface area contributed by atoms with Gasteiger partial charge in [-0.05, 0) is 43.9 Å². The highest BCUT2D eigenvalue weighted by Gasteiger charge is 2.25. The standard InChI is InChI=1S/C27H41N9O/c28-25-29-14-23-18-34(9-11-35(23)25)17-21-7-4-8-22(13-21)31-27(37)32-26-30-15-24-19-33(10-12-36(24)26)16-20-5-2-1-3-6-20/h13-15,20-21H,1-12,16-19H2,(H2,28,29)(H2,30,31,32,37). The van der Waals surface area contributed by atoms with Gasteiger partial charge >= 0.3 is 6.03 Å².